The molecule has 0 atom stereocenters. The van der Waals surface area contributed by atoms with Crippen LogP contribution in [0.25, 0.3) is 0 Å². The van der Waals surface area contributed by atoms with E-state index in [-0.39, 0.29) is 26.2 Å². The molecule has 0 aromatic rings. The Morgan fingerprint density at radius 2 is 1.23 bits per heavy atom. The summed E-state index contributed by atoms with van der Waals surface area (Å²) in [5, 5.41) is 0. The van der Waals surface area contributed by atoms with Gasteiger partial charge in [0.1, 0.15) is 0 Å². The molecule has 0 aliphatic rings. The number of unbranched alkanes of at least 4 members (excludes halogenated alkanes) is 6. The fourth-order valence-corrected chi connectivity index (χ4v) is 1.51. The standard InChI is InChI=1S/C12H26.Zr/c1-4-5-6-7-8-9-10-11-12(2)3;/h12H,4-11H2,1-3H3;/q;+4. The van der Waals surface area contributed by atoms with Gasteiger partial charge in [-0.15, -0.1) is 0 Å². The third-order valence-corrected chi connectivity index (χ3v) is 2.39. The molecule has 0 fully saturated rings. The summed E-state index contributed by atoms with van der Waals surface area (Å²) in [5.74, 6) is 0.903. The molecule has 74 valence electrons. The summed E-state index contributed by atoms with van der Waals surface area (Å²) in [6, 6.07) is 0. The molecule has 0 aliphatic carbocycles. The van der Waals surface area contributed by atoms with Gasteiger partial charge in [-0.2, -0.15) is 0 Å². The van der Waals surface area contributed by atoms with Crippen molar-refractivity contribution in [2.45, 2.75) is 72.1 Å². The van der Waals surface area contributed by atoms with E-state index in [1.165, 1.54) is 51.4 Å². The van der Waals surface area contributed by atoms with Crippen LogP contribution in [0.5, 0.6) is 0 Å². The van der Waals surface area contributed by atoms with Gasteiger partial charge in [-0.25, -0.2) is 0 Å². The number of hydrogen-bond donors (Lipinski definition) is 0. The molecule has 0 rings (SSSR count). The van der Waals surface area contributed by atoms with Gasteiger partial charge >= 0.3 is 26.2 Å². The van der Waals surface area contributed by atoms with Gasteiger partial charge < -0.3 is 0 Å². The van der Waals surface area contributed by atoms with E-state index in [9.17, 15) is 0 Å². The second-order valence-corrected chi connectivity index (χ2v) is 4.30. The average Bonchev–Trinajstić information content (AvgIpc) is 2.02. The molecule has 0 unspecified atom stereocenters. The van der Waals surface area contributed by atoms with E-state index >= 15 is 0 Å². The van der Waals surface area contributed by atoms with E-state index in [2.05, 4.69) is 20.8 Å². The summed E-state index contributed by atoms with van der Waals surface area (Å²) in [6.45, 7) is 6.91. The first kappa shape index (κ1) is 16.3. The van der Waals surface area contributed by atoms with Crippen LogP contribution in [-0.4, -0.2) is 0 Å². The van der Waals surface area contributed by atoms with Crippen LogP contribution in [0.3, 0.4) is 0 Å². The van der Waals surface area contributed by atoms with Crippen molar-refractivity contribution >= 4 is 0 Å². The fraction of sp³-hybridized carbons (Fsp3) is 1.00. The van der Waals surface area contributed by atoms with Crippen LogP contribution in [0.1, 0.15) is 72.1 Å². The third kappa shape index (κ3) is 15.6. The minimum absolute atomic E-state index is 0. The predicted octanol–water partition coefficient (Wildman–Crippen LogP) is 4.78. The maximum Gasteiger partial charge on any atom is 4.00 e. The van der Waals surface area contributed by atoms with E-state index in [0.717, 1.165) is 5.92 Å². The Bertz CT molecular complexity index is 79.2. The molecule has 0 aromatic carbocycles. The summed E-state index contributed by atoms with van der Waals surface area (Å²) in [7, 11) is 0. The van der Waals surface area contributed by atoms with Gasteiger partial charge in [0.2, 0.25) is 0 Å². The van der Waals surface area contributed by atoms with E-state index in [4.69, 9.17) is 0 Å². The Kier molecular flexibility index (Phi) is 16.2. The first-order valence-electron chi connectivity index (χ1n) is 5.77. The molecule has 0 N–H and O–H groups in total. The summed E-state index contributed by atoms with van der Waals surface area (Å²) in [4.78, 5) is 0. The SMILES string of the molecule is CCCCCCCCCC(C)C.[Zr+4]. The van der Waals surface area contributed by atoms with Crippen molar-refractivity contribution < 1.29 is 26.2 Å². The minimum Gasteiger partial charge on any atom is -0.0654 e. The summed E-state index contributed by atoms with van der Waals surface area (Å²) in [5.41, 5.74) is 0. The molecule has 0 radical (unpaired) electrons. The first-order valence-corrected chi connectivity index (χ1v) is 5.77. The van der Waals surface area contributed by atoms with E-state index in [1.54, 1.807) is 0 Å². The molecule has 0 aliphatic heterocycles. The van der Waals surface area contributed by atoms with Gasteiger partial charge in [0.25, 0.3) is 0 Å². The van der Waals surface area contributed by atoms with E-state index in [1.807, 2.05) is 0 Å². The molecule has 0 aromatic heterocycles. The van der Waals surface area contributed by atoms with E-state index < -0.39 is 0 Å². The molecular weight excluding hydrogens is 235 g/mol. The smallest absolute Gasteiger partial charge is 0.0654 e. The van der Waals surface area contributed by atoms with Gasteiger partial charge in [-0.1, -0.05) is 72.1 Å². The van der Waals surface area contributed by atoms with Crippen LogP contribution < -0.4 is 0 Å². The molecule has 0 nitrogen and oxygen atoms in total. The van der Waals surface area contributed by atoms with Crippen molar-refractivity contribution in [3.63, 3.8) is 0 Å². The van der Waals surface area contributed by atoms with Gasteiger partial charge in [0.15, 0.2) is 0 Å². The minimum atomic E-state index is 0. The van der Waals surface area contributed by atoms with Crippen LogP contribution in [0, 0.1) is 5.92 Å². The summed E-state index contributed by atoms with van der Waals surface area (Å²) in [6.07, 6.45) is 11.5. The van der Waals surface area contributed by atoms with Crippen LogP contribution in [0.15, 0.2) is 0 Å². The van der Waals surface area contributed by atoms with Crippen molar-refractivity contribution in [1.29, 1.82) is 0 Å². The maximum atomic E-state index is 2.32. The van der Waals surface area contributed by atoms with Gasteiger partial charge in [0, 0.05) is 0 Å². The number of rotatable bonds is 8. The fourth-order valence-electron chi connectivity index (χ4n) is 1.51. The summed E-state index contributed by atoms with van der Waals surface area (Å²) < 4.78 is 0. The van der Waals surface area contributed by atoms with Crippen LogP contribution >= 0.6 is 0 Å². The molecule has 0 saturated carbocycles. The molecular formula is C12H26Zr+4. The van der Waals surface area contributed by atoms with Gasteiger partial charge in [0.05, 0.1) is 0 Å². The Morgan fingerprint density at radius 3 is 1.69 bits per heavy atom. The molecule has 0 amide bonds. The number of hydrogen-bond acceptors (Lipinski definition) is 0. The van der Waals surface area contributed by atoms with Crippen molar-refractivity contribution in [1.82, 2.24) is 0 Å². The molecule has 0 saturated heterocycles. The summed E-state index contributed by atoms with van der Waals surface area (Å²) >= 11 is 0. The molecule has 1 heteroatoms. The second kappa shape index (κ2) is 12.9. The van der Waals surface area contributed by atoms with Crippen LogP contribution in [-0.2, 0) is 26.2 Å². The zero-order valence-corrected chi connectivity index (χ0v) is 12.2. The zero-order chi connectivity index (χ0) is 9.23. The molecule has 0 bridgehead atoms. The molecule has 0 spiro atoms. The van der Waals surface area contributed by atoms with E-state index in [0.29, 0.717) is 0 Å². The first-order chi connectivity index (χ1) is 5.77. The monoisotopic (exact) mass is 260 g/mol. The Hall–Kier alpha value is 0.883. The molecule has 0 heterocycles. The normalized spacial score (nSPS) is 10.2. The largest absolute Gasteiger partial charge is 4.00 e. The van der Waals surface area contributed by atoms with Crippen molar-refractivity contribution in [2.75, 3.05) is 0 Å². The third-order valence-electron chi connectivity index (χ3n) is 2.39. The second-order valence-electron chi connectivity index (χ2n) is 4.30. The average molecular weight is 262 g/mol. The topological polar surface area (TPSA) is 0 Å². The van der Waals surface area contributed by atoms with Crippen molar-refractivity contribution in [2.24, 2.45) is 5.92 Å². The maximum absolute atomic E-state index is 2.32. The Balaban J connectivity index is 0. The zero-order valence-electron chi connectivity index (χ0n) is 9.73. The van der Waals surface area contributed by atoms with Crippen molar-refractivity contribution in [3.8, 4) is 0 Å². The van der Waals surface area contributed by atoms with Crippen LogP contribution in [0.2, 0.25) is 0 Å². The van der Waals surface area contributed by atoms with Gasteiger partial charge in [-0.3, -0.25) is 0 Å². The predicted molar refractivity (Wildman–Crippen MR) is 57.4 cm³/mol. The molecule has 13 heavy (non-hydrogen) atoms. The Labute approximate surface area is 104 Å². The quantitative estimate of drug-likeness (QED) is 0.552. The Morgan fingerprint density at radius 1 is 0.769 bits per heavy atom. The van der Waals surface area contributed by atoms with Crippen LogP contribution in [0.4, 0.5) is 0 Å². The van der Waals surface area contributed by atoms with Crippen molar-refractivity contribution in [3.05, 3.63) is 0 Å². The van der Waals surface area contributed by atoms with Gasteiger partial charge in [-0.05, 0) is 5.92 Å².